The van der Waals surface area contributed by atoms with Crippen LogP contribution in [-0.2, 0) is 31.9 Å². The van der Waals surface area contributed by atoms with Crippen LogP contribution in [0.4, 0.5) is 0 Å². The second kappa shape index (κ2) is 17.7. The van der Waals surface area contributed by atoms with Crippen molar-refractivity contribution in [3.63, 3.8) is 0 Å². The zero-order valence-corrected chi connectivity index (χ0v) is 21.0. The van der Waals surface area contributed by atoms with Crippen LogP contribution in [0.1, 0.15) is 103 Å². The van der Waals surface area contributed by atoms with Gasteiger partial charge in [-0.25, -0.2) is 0 Å². The van der Waals surface area contributed by atoms with Crippen molar-refractivity contribution in [1.82, 2.24) is 0 Å². The predicted molar refractivity (Wildman–Crippen MR) is 132 cm³/mol. The molecule has 0 amide bonds. The van der Waals surface area contributed by atoms with E-state index in [0.717, 1.165) is 48.6 Å². The summed E-state index contributed by atoms with van der Waals surface area (Å²) < 4.78 is 10.8. The molecule has 1 aromatic carbocycles. The van der Waals surface area contributed by atoms with E-state index in [1.807, 2.05) is 24.3 Å². The fourth-order valence-electron chi connectivity index (χ4n) is 3.70. The maximum absolute atomic E-state index is 12.1. The quantitative estimate of drug-likeness (QED) is 0.179. The van der Waals surface area contributed by atoms with E-state index in [1.54, 1.807) is 0 Å². The molecule has 0 radical (unpaired) electrons. The summed E-state index contributed by atoms with van der Waals surface area (Å²) in [6, 6.07) is 8.03. The molecule has 1 aromatic rings. The first-order chi connectivity index (χ1) is 15.4. The minimum atomic E-state index is -0.138. The van der Waals surface area contributed by atoms with Crippen LogP contribution in [0.15, 0.2) is 24.3 Å². The van der Waals surface area contributed by atoms with Crippen molar-refractivity contribution in [3.05, 3.63) is 35.4 Å². The lowest BCUT2D eigenvalue weighted by Gasteiger charge is -2.10. The summed E-state index contributed by atoms with van der Waals surface area (Å²) in [7, 11) is 0. The Kier molecular flexibility index (Phi) is 15.6. The van der Waals surface area contributed by atoms with Crippen molar-refractivity contribution in [3.8, 4) is 0 Å². The van der Waals surface area contributed by atoms with Gasteiger partial charge in [-0.1, -0.05) is 90.5 Å². The molecule has 1 rings (SSSR count). The average Bonchev–Trinajstić information content (AvgIpc) is 2.75. The summed E-state index contributed by atoms with van der Waals surface area (Å²) in [5, 5.41) is 0. The molecule has 32 heavy (non-hydrogen) atoms. The van der Waals surface area contributed by atoms with E-state index in [1.165, 1.54) is 25.7 Å². The molecule has 4 nitrogen and oxygen atoms in total. The van der Waals surface area contributed by atoms with E-state index in [2.05, 4.69) is 27.7 Å². The van der Waals surface area contributed by atoms with Crippen LogP contribution in [0, 0.1) is 11.8 Å². The minimum absolute atomic E-state index is 0.138. The summed E-state index contributed by atoms with van der Waals surface area (Å²) in [5.41, 5.74) is 2.23. The Morgan fingerprint density at radius 2 is 1.06 bits per heavy atom. The highest BCUT2D eigenvalue weighted by Gasteiger charge is 2.10. The second-order valence-electron chi connectivity index (χ2n) is 9.70. The van der Waals surface area contributed by atoms with Gasteiger partial charge in [0.15, 0.2) is 0 Å². The van der Waals surface area contributed by atoms with Crippen LogP contribution in [-0.4, -0.2) is 25.2 Å². The molecular formula is C28H46O4. The van der Waals surface area contributed by atoms with Crippen molar-refractivity contribution < 1.29 is 19.1 Å². The van der Waals surface area contributed by atoms with E-state index in [4.69, 9.17) is 9.47 Å². The first-order valence-corrected chi connectivity index (χ1v) is 12.8. The Balaban J connectivity index is 2.23. The number of unbranched alkanes of at least 4 members (excludes halogenated alkanes) is 4. The maximum atomic E-state index is 12.1. The van der Waals surface area contributed by atoms with Crippen molar-refractivity contribution in [1.29, 1.82) is 0 Å². The van der Waals surface area contributed by atoms with E-state index in [0.29, 0.717) is 38.9 Å². The molecule has 0 atom stereocenters. The van der Waals surface area contributed by atoms with Crippen molar-refractivity contribution >= 4 is 11.9 Å². The summed E-state index contributed by atoms with van der Waals surface area (Å²) >= 11 is 0. The zero-order valence-electron chi connectivity index (χ0n) is 21.0. The largest absolute Gasteiger partial charge is 0.466 e. The smallest absolute Gasteiger partial charge is 0.306 e. The maximum Gasteiger partial charge on any atom is 0.306 e. The lowest BCUT2D eigenvalue weighted by Crippen LogP contribution is -2.10. The molecular weight excluding hydrogens is 400 g/mol. The number of hydrogen-bond acceptors (Lipinski definition) is 4. The van der Waals surface area contributed by atoms with Crippen LogP contribution in [0.2, 0.25) is 0 Å². The van der Waals surface area contributed by atoms with Gasteiger partial charge < -0.3 is 9.47 Å². The zero-order chi connectivity index (χ0) is 23.6. The number of esters is 2. The molecule has 0 aromatic heterocycles. The number of benzene rings is 1. The standard InChI is InChI=1S/C28H46O4/c1-23(2)13-7-5-11-21-31-27(29)19-17-25-15-9-10-16-26(25)18-20-28(30)32-22-12-6-8-14-24(3)4/h9-10,15-16,23-24H,5-8,11-14,17-22H2,1-4H3. The SMILES string of the molecule is CC(C)CCCCCOC(=O)CCc1ccccc1CCC(=O)OCCCCCC(C)C. The minimum Gasteiger partial charge on any atom is -0.466 e. The summed E-state index contributed by atoms with van der Waals surface area (Å²) in [4.78, 5) is 24.1. The van der Waals surface area contributed by atoms with Gasteiger partial charge in [-0.05, 0) is 48.6 Å². The lowest BCUT2D eigenvalue weighted by atomic mass is 9.99. The van der Waals surface area contributed by atoms with Gasteiger partial charge in [-0.3, -0.25) is 9.59 Å². The van der Waals surface area contributed by atoms with Crippen LogP contribution in [0.5, 0.6) is 0 Å². The molecule has 0 aliphatic rings. The molecule has 0 aliphatic heterocycles. The Morgan fingerprint density at radius 3 is 1.44 bits per heavy atom. The van der Waals surface area contributed by atoms with Gasteiger partial charge in [0.25, 0.3) is 0 Å². The number of ether oxygens (including phenoxy) is 2. The van der Waals surface area contributed by atoms with Gasteiger partial charge in [-0.2, -0.15) is 0 Å². The first kappa shape index (κ1) is 28.2. The fraction of sp³-hybridized carbons (Fsp3) is 0.714. The topological polar surface area (TPSA) is 52.6 Å². The van der Waals surface area contributed by atoms with Gasteiger partial charge in [-0.15, -0.1) is 0 Å². The van der Waals surface area contributed by atoms with Crippen molar-refractivity contribution in [2.45, 2.75) is 105 Å². The fourth-order valence-corrected chi connectivity index (χ4v) is 3.70. The highest BCUT2D eigenvalue weighted by molar-refractivity contribution is 5.70. The number of hydrogen-bond donors (Lipinski definition) is 0. The number of aryl methyl sites for hydroxylation is 2. The van der Waals surface area contributed by atoms with Crippen LogP contribution in [0.3, 0.4) is 0 Å². The molecule has 0 fully saturated rings. The van der Waals surface area contributed by atoms with E-state index in [9.17, 15) is 9.59 Å². The third-order valence-electron chi connectivity index (χ3n) is 5.69. The average molecular weight is 447 g/mol. The first-order valence-electron chi connectivity index (χ1n) is 12.8. The van der Waals surface area contributed by atoms with Crippen LogP contribution < -0.4 is 0 Å². The lowest BCUT2D eigenvalue weighted by molar-refractivity contribution is -0.144. The second-order valence-corrected chi connectivity index (χ2v) is 9.70. The van der Waals surface area contributed by atoms with Gasteiger partial charge in [0.1, 0.15) is 0 Å². The van der Waals surface area contributed by atoms with E-state index < -0.39 is 0 Å². The summed E-state index contributed by atoms with van der Waals surface area (Å²) in [5.74, 6) is 1.19. The highest BCUT2D eigenvalue weighted by Crippen LogP contribution is 2.15. The Morgan fingerprint density at radius 1 is 0.656 bits per heavy atom. The molecule has 0 bridgehead atoms. The van der Waals surface area contributed by atoms with Crippen LogP contribution >= 0.6 is 0 Å². The van der Waals surface area contributed by atoms with Gasteiger partial charge in [0.2, 0.25) is 0 Å². The molecule has 0 heterocycles. The third-order valence-corrected chi connectivity index (χ3v) is 5.69. The summed E-state index contributed by atoms with van der Waals surface area (Å²) in [6.45, 7) is 9.96. The molecule has 0 unspecified atom stereocenters. The van der Waals surface area contributed by atoms with Gasteiger partial charge in [0, 0.05) is 12.8 Å². The molecule has 0 aliphatic carbocycles. The highest BCUT2D eigenvalue weighted by atomic mass is 16.5. The normalized spacial score (nSPS) is 11.2. The van der Waals surface area contributed by atoms with Crippen molar-refractivity contribution in [2.75, 3.05) is 13.2 Å². The van der Waals surface area contributed by atoms with Crippen LogP contribution in [0.25, 0.3) is 0 Å². The van der Waals surface area contributed by atoms with E-state index in [-0.39, 0.29) is 11.9 Å². The predicted octanol–water partition coefficient (Wildman–Crippen LogP) is 7.07. The van der Waals surface area contributed by atoms with Gasteiger partial charge in [0.05, 0.1) is 13.2 Å². The molecule has 0 N–H and O–H groups in total. The molecule has 0 saturated carbocycles. The third kappa shape index (κ3) is 15.0. The molecule has 0 spiro atoms. The molecule has 182 valence electrons. The Labute approximate surface area is 196 Å². The van der Waals surface area contributed by atoms with Gasteiger partial charge >= 0.3 is 11.9 Å². The molecule has 0 saturated heterocycles. The Hall–Kier alpha value is -1.84. The van der Waals surface area contributed by atoms with E-state index >= 15 is 0 Å². The number of carbonyl (C=O) groups is 2. The molecule has 4 heteroatoms. The summed E-state index contributed by atoms with van der Waals surface area (Å²) in [6.07, 6.45) is 11.0. The number of rotatable bonds is 18. The van der Waals surface area contributed by atoms with Crippen molar-refractivity contribution in [2.24, 2.45) is 11.8 Å². The number of carbonyl (C=O) groups excluding carboxylic acids is 2. The Bertz CT molecular complexity index is 581. The monoisotopic (exact) mass is 446 g/mol.